The number of nitrogens with one attached hydrogen (secondary N) is 2. The summed E-state index contributed by atoms with van der Waals surface area (Å²) in [6.07, 6.45) is -2.49. The predicted octanol–water partition coefficient (Wildman–Crippen LogP) is 3.16. The maximum Gasteiger partial charge on any atom is 0.490 e. The minimum absolute atomic E-state index is 0.0207. The third kappa shape index (κ3) is 5.28. The number of alkyl halides is 3. The molecular weight excluding hydrogens is 415 g/mol. The van der Waals surface area contributed by atoms with Crippen molar-refractivity contribution < 1.29 is 33.0 Å². The molecule has 162 valence electrons. The van der Waals surface area contributed by atoms with Crippen LogP contribution in [-0.2, 0) is 17.8 Å². The van der Waals surface area contributed by atoms with E-state index in [1.807, 2.05) is 42.5 Å². The fourth-order valence-electron chi connectivity index (χ4n) is 2.99. The number of carboxylic acid groups (broad SMARTS) is 1. The molecule has 3 aromatic rings. The quantitative estimate of drug-likeness (QED) is 0.507. The molecule has 0 atom stereocenters. The van der Waals surface area contributed by atoms with E-state index in [0.717, 1.165) is 45.8 Å². The van der Waals surface area contributed by atoms with Gasteiger partial charge < -0.3 is 20.5 Å². The molecule has 1 amide bonds. The Hall–Kier alpha value is -3.66. The van der Waals surface area contributed by atoms with Crippen molar-refractivity contribution in [1.82, 2.24) is 15.3 Å². The number of aliphatic carboxylic acids is 1. The maximum absolute atomic E-state index is 11.9. The Balaban J connectivity index is 0.000000339. The van der Waals surface area contributed by atoms with Gasteiger partial charge in [0.25, 0.3) is 5.91 Å². The van der Waals surface area contributed by atoms with Crippen molar-refractivity contribution in [3.8, 4) is 22.5 Å². The Morgan fingerprint density at radius 2 is 1.77 bits per heavy atom. The third-order valence-electron chi connectivity index (χ3n) is 4.55. The van der Waals surface area contributed by atoms with E-state index in [1.54, 1.807) is 6.20 Å². The van der Waals surface area contributed by atoms with E-state index < -0.39 is 12.1 Å². The second kappa shape index (κ2) is 9.00. The number of aliphatic hydroxyl groups is 1. The molecule has 4 N–H and O–H groups in total. The first kappa shape index (κ1) is 22.0. The number of aromatic amines is 1. The van der Waals surface area contributed by atoms with Crippen molar-refractivity contribution in [1.29, 1.82) is 0 Å². The number of rotatable bonds is 3. The summed E-state index contributed by atoms with van der Waals surface area (Å²) in [5.74, 6) is -2.78. The van der Waals surface area contributed by atoms with E-state index in [4.69, 9.17) is 15.0 Å². The Bertz CT molecular complexity index is 1090. The van der Waals surface area contributed by atoms with Crippen LogP contribution in [0.3, 0.4) is 0 Å². The van der Waals surface area contributed by atoms with Crippen LogP contribution in [0, 0.1) is 0 Å². The van der Waals surface area contributed by atoms with Gasteiger partial charge in [-0.25, -0.2) is 4.79 Å². The number of amides is 1. The van der Waals surface area contributed by atoms with Gasteiger partial charge in [-0.3, -0.25) is 9.78 Å². The molecule has 0 radical (unpaired) electrons. The largest absolute Gasteiger partial charge is 0.490 e. The molecule has 0 fully saturated rings. The van der Waals surface area contributed by atoms with Gasteiger partial charge in [-0.1, -0.05) is 24.3 Å². The second-order valence-electron chi connectivity index (χ2n) is 6.67. The number of carbonyl (C=O) groups excluding carboxylic acids is 1. The highest BCUT2D eigenvalue weighted by atomic mass is 19.4. The molecular formula is C21H18F3N3O4. The molecule has 1 aliphatic heterocycles. The van der Waals surface area contributed by atoms with Crippen molar-refractivity contribution in [3.05, 3.63) is 65.5 Å². The number of H-pyrrole nitrogens is 1. The lowest BCUT2D eigenvalue weighted by molar-refractivity contribution is -0.192. The molecule has 0 aliphatic carbocycles. The van der Waals surface area contributed by atoms with E-state index in [-0.39, 0.29) is 12.5 Å². The third-order valence-corrected chi connectivity index (χ3v) is 4.55. The fraction of sp³-hybridized carbons (Fsp3) is 0.190. The lowest BCUT2D eigenvalue weighted by Gasteiger charge is -2.10. The number of fused-ring (bicyclic) bond motifs is 1. The summed E-state index contributed by atoms with van der Waals surface area (Å²) in [5, 5.41) is 19.1. The van der Waals surface area contributed by atoms with E-state index in [2.05, 4.69) is 15.3 Å². The first-order valence-electron chi connectivity index (χ1n) is 9.16. The molecule has 10 heteroatoms. The van der Waals surface area contributed by atoms with E-state index >= 15 is 0 Å². The first-order valence-corrected chi connectivity index (χ1v) is 9.16. The molecule has 2 aromatic heterocycles. The molecule has 0 saturated heterocycles. The minimum Gasteiger partial charge on any atom is -0.475 e. The van der Waals surface area contributed by atoms with Gasteiger partial charge in [0.05, 0.1) is 17.9 Å². The lowest BCUT2D eigenvalue weighted by atomic mass is 10.1. The van der Waals surface area contributed by atoms with Crippen molar-refractivity contribution in [2.75, 3.05) is 6.54 Å². The number of hydrogen-bond donors (Lipinski definition) is 4. The second-order valence-corrected chi connectivity index (χ2v) is 6.67. The van der Waals surface area contributed by atoms with Crippen LogP contribution in [0.25, 0.3) is 22.5 Å². The van der Waals surface area contributed by atoms with Crippen molar-refractivity contribution in [2.45, 2.75) is 19.2 Å². The number of carbonyl (C=O) groups is 2. The highest BCUT2D eigenvalue weighted by Crippen LogP contribution is 2.27. The van der Waals surface area contributed by atoms with Gasteiger partial charge in [0.15, 0.2) is 0 Å². The zero-order valence-corrected chi connectivity index (χ0v) is 16.0. The van der Waals surface area contributed by atoms with Crippen LogP contribution in [0.4, 0.5) is 13.2 Å². The number of aromatic nitrogens is 2. The molecule has 1 aliphatic rings. The molecule has 0 bridgehead atoms. The molecule has 1 aromatic carbocycles. The van der Waals surface area contributed by atoms with Crippen LogP contribution in [0.1, 0.15) is 21.6 Å². The van der Waals surface area contributed by atoms with Crippen LogP contribution in [0.2, 0.25) is 0 Å². The van der Waals surface area contributed by atoms with Crippen LogP contribution in [0.15, 0.2) is 48.7 Å². The van der Waals surface area contributed by atoms with Gasteiger partial charge in [0, 0.05) is 41.7 Å². The maximum atomic E-state index is 11.9. The highest BCUT2D eigenvalue weighted by Gasteiger charge is 2.38. The molecule has 0 unspecified atom stereocenters. The molecule has 7 nitrogen and oxygen atoms in total. The van der Waals surface area contributed by atoms with E-state index in [0.29, 0.717) is 6.54 Å². The fourth-order valence-corrected chi connectivity index (χ4v) is 2.99. The van der Waals surface area contributed by atoms with Gasteiger partial charge >= 0.3 is 12.1 Å². The van der Waals surface area contributed by atoms with Crippen molar-refractivity contribution in [3.63, 3.8) is 0 Å². The summed E-state index contributed by atoms with van der Waals surface area (Å²) in [5.41, 5.74) is 6.34. The van der Waals surface area contributed by atoms with Crippen LogP contribution in [-0.4, -0.2) is 44.8 Å². The van der Waals surface area contributed by atoms with Gasteiger partial charge in [-0.15, -0.1) is 0 Å². The molecule has 0 spiro atoms. The van der Waals surface area contributed by atoms with E-state index in [1.165, 1.54) is 0 Å². The summed E-state index contributed by atoms with van der Waals surface area (Å²) in [6.45, 7) is 0.703. The lowest BCUT2D eigenvalue weighted by Crippen LogP contribution is -2.31. The number of carboxylic acids is 1. The van der Waals surface area contributed by atoms with Crippen LogP contribution < -0.4 is 5.32 Å². The number of aliphatic hydroxyl groups excluding tert-OH is 1. The smallest absolute Gasteiger partial charge is 0.475 e. The Kier molecular flexibility index (Phi) is 6.40. The summed E-state index contributed by atoms with van der Waals surface area (Å²) in [7, 11) is 0. The standard InChI is InChI=1S/C19H17N3O2.C2HF3O2/c23-11-12-1-3-13(4-2-12)17-9-14(5-7-20-17)18-10-15-16(22-18)6-8-21-19(15)24;3-2(4,5)1(6)7/h1-5,7,9-10,22-23H,6,8,11H2,(H,21,24);(H,6,7). The summed E-state index contributed by atoms with van der Waals surface area (Å²) >= 11 is 0. The van der Waals surface area contributed by atoms with E-state index in [9.17, 15) is 18.0 Å². The Labute approximate surface area is 174 Å². The zero-order chi connectivity index (χ0) is 22.6. The number of nitrogens with zero attached hydrogens (tertiary/aromatic N) is 1. The Morgan fingerprint density at radius 3 is 2.35 bits per heavy atom. The normalized spacial score (nSPS) is 13.0. The summed E-state index contributed by atoms with van der Waals surface area (Å²) < 4.78 is 31.7. The topological polar surface area (TPSA) is 115 Å². The van der Waals surface area contributed by atoms with Crippen LogP contribution >= 0.6 is 0 Å². The SMILES string of the molecule is O=C(O)C(F)(F)F.O=C1NCCc2[nH]c(-c3ccnc(-c4ccc(CO)cc4)c3)cc21. The summed E-state index contributed by atoms with van der Waals surface area (Å²) in [6, 6.07) is 13.5. The van der Waals surface area contributed by atoms with Crippen molar-refractivity contribution >= 4 is 11.9 Å². The number of benzene rings is 1. The average Bonchev–Trinajstić information content (AvgIpc) is 3.20. The van der Waals surface area contributed by atoms with Gasteiger partial charge in [0.2, 0.25) is 0 Å². The van der Waals surface area contributed by atoms with Gasteiger partial charge in [0.1, 0.15) is 0 Å². The number of pyridine rings is 1. The predicted molar refractivity (Wildman–Crippen MR) is 105 cm³/mol. The highest BCUT2D eigenvalue weighted by molar-refractivity contribution is 5.97. The Morgan fingerprint density at radius 1 is 1.10 bits per heavy atom. The van der Waals surface area contributed by atoms with Crippen molar-refractivity contribution in [2.24, 2.45) is 0 Å². The molecule has 0 saturated carbocycles. The zero-order valence-electron chi connectivity index (χ0n) is 16.0. The number of hydrogen-bond acceptors (Lipinski definition) is 4. The number of halogens is 3. The molecule has 3 heterocycles. The monoisotopic (exact) mass is 433 g/mol. The van der Waals surface area contributed by atoms with Gasteiger partial charge in [-0.2, -0.15) is 13.2 Å². The molecule has 4 rings (SSSR count). The van der Waals surface area contributed by atoms with Crippen LogP contribution in [0.5, 0.6) is 0 Å². The average molecular weight is 433 g/mol. The first-order chi connectivity index (χ1) is 14.7. The van der Waals surface area contributed by atoms with Gasteiger partial charge in [-0.05, 0) is 23.8 Å². The summed E-state index contributed by atoms with van der Waals surface area (Å²) in [4.78, 5) is 28.6. The molecule has 31 heavy (non-hydrogen) atoms. The minimum atomic E-state index is -5.08.